The zero-order valence-electron chi connectivity index (χ0n) is 20.0. The maximum Gasteiger partial charge on any atom is 0.263 e. The number of carbonyl (C=O) groups is 1. The summed E-state index contributed by atoms with van der Waals surface area (Å²) in [7, 11) is 0. The van der Waals surface area contributed by atoms with E-state index < -0.39 is 0 Å². The van der Waals surface area contributed by atoms with E-state index in [-0.39, 0.29) is 5.91 Å². The number of nitrogens with zero attached hydrogens (tertiary/aromatic N) is 1. The molecule has 2 aromatic heterocycles. The average Bonchev–Trinajstić information content (AvgIpc) is 3.06. The van der Waals surface area contributed by atoms with Gasteiger partial charge in [-0.05, 0) is 31.9 Å². The van der Waals surface area contributed by atoms with Crippen molar-refractivity contribution in [3.63, 3.8) is 0 Å². The molecule has 0 aliphatic carbocycles. The molecule has 31 heavy (non-hydrogen) atoms. The summed E-state index contributed by atoms with van der Waals surface area (Å²) in [5.41, 5.74) is 8.88. The van der Waals surface area contributed by atoms with Crippen LogP contribution in [0.25, 0.3) is 10.2 Å². The molecule has 2 aromatic rings. The zero-order chi connectivity index (χ0) is 22.5. The molecule has 0 atom stereocenters. The molecular formula is C26H43N3OS. The summed E-state index contributed by atoms with van der Waals surface area (Å²) in [5.74, 6) is -0.0644. The summed E-state index contributed by atoms with van der Waals surface area (Å²) in [5, 5.41) is 3.93. The lowest BCUT2D eigenvalue weighted by Gasteiger charge is -2.05. The molecule has 4 nitrogen and oxygen atoms in total. The fraction of sp³-hybridized carbons (Fsp3) is 0.692. The smallest absolute Gasteiger partial charge is 0.263 e. The van der Waals surface area contributed by atoms with Gasteiger partial charge in [0.15, 0.2) is 0 Å². The van der Waals surface area contributed by atoms with E-state index in [0.29, 0.717) is 10.6 Å². The molecule has 0 bridgehead atoms. The summed E-state index contributed by atoms with van der Waals surface area (Å²) in [6.07, 6.45) is 18.8. The number of rotatable bonds is 16. The van der Waals surface area contributed by atoms with E-state index in [1.165, 1.54) is 94.8 Å². The first-order valence-electron chi connectivity index (χ1n) is 12.5. The molecule has 0 fully saturated rings. The number of unbranched alkanes of at least 4 members (excludes halogenated alkanes) is 13. The Labute approximate surface area is 193 Å². The number of thiophene rings is 1. The first-order chi connectivity index (χ1) is 15.0. The lowest BCUT2D eigenvalue weighted by atomic mass is 10.0. The lowest BCUT2D eigenvalue weighted by molar-refractivity contribution is 0.0958. The van der Waals surface area contributed by atoms with Crippen LogP contribution in [0.1, 0.15) is 118 Å². The van der Waals surface area contributed by atoms with Crippen molar-refractivity contribution in [1.82, 2.24) is 10.3 Å². The first-order valence-corrected chi connectivity index (χ1v) is 13.3. The highest BCUT2D eigenvalue weighted by Gasteiger charge is 2.17. The Kier molecular flexibility index (Phi) is 11.9. The van der Waals surface area contributed by atoms with Gasteiger partial charge in [0.05, 0.1) is 5.69 Å². The maximum absolute atomic E-state index is 12.5. The molecule has 2 heterocycles. The van der Waals surface area contributed by atoms with Crippen molar-refractivity contribution in [3.8, 4) is 0 Å². The number of amides is 1. The molecule has 0 aromatic carbocycles. The van der Waals surface area contributed by atoms with Crippen molar-refractivity contribution in [2.45, 2.75) is 111 Å². The fourth-order valence-corrected chi connectivity index (χ4v) is 5.04. The summed E-state index contributed by atoms with van der Waals surface area (Å²) in [6.45, 7) is 7.00. The second kappa shape index (κ2) is 14.4. The van der Waals surface area contributed by atoms with Crippen LogP contribution in [0.3, 0.4) is 0 Å². The van der Waals surface area contributed by atoms with E-state index in [2.05, 4.69) is 17.2 Å². The number of nitrogens with two attached hydrogens (primary N) is 1. The number of aromatic nitrogens is 1. The number of pyridine rings is 1. The molecule has 1 amide bonds. The highest BCUT2D eigenvalue weighted by Crippen LogP contribution is 2.33. The molecular weight excluding hydrogens is 402 g/mol. The van der Waals surface area contributed by atoms with E-state index >= 15 is 0 Å². The van der Waals surface area contributed by atoms with Crippen molar-refractivity contribution in [2.24, 2.45) is 0 Å². The predicted octanol–water partition coefficient (Wildman–Crippen LogP) is 7.71. The molecule has 0 saturated carbocycles. The van der Waals surface area contributed by atoms with E-state index in [9.17, 15) is 4.79 Å². The van der Waals surface area contributed by atoms with Gasteiger partial charge >= 0.3 is 0 Å². The Morgan fingerprint density at radius 2 is 1.42 bits per heavy atom. The average molecular weight is 446 g/mol. The quantitative estimate of drug-likeness (QED) is 0.260. The number of anilines is 1. The molecule has 2 rings (SSSR count). The molecule has 5 heteroatoms. The molecule has 0 aliphatic heterocycles. The maximum atomic E-state index is 12.5. The van der Waals surface area contributed by atoms with Gasteiger partial charge in [0.1, 0.15) is 9.71 Å². The number of hydrogen-bond donors (Lipinski definition) is 2. The number of carbonyl (C=O) groups excluding carboxylic acids is 1. The Morgan fingerprint density at radius 1 is 0.903 bits per heavy atom. The summed E-state index contributed by atoms with van der Waals surface area (Å²) >= 11 is 1.39. The van der Waals surface area contributed by atoms with Crippen molar-refractivity contribution in [2.75, 3.05) is 12.3 Å². The van der Waals surface area contributed by atoms with Crippen molar-refractivity contribution in [1.29, 1.82) is 0 Å². The molecule has 0 radical (unpaired) electrons. The summed E-state index contributed by atoms with van der Waals surface area (Å²) < 4.78 is 0. The van der Waals surface area contributed by atoms with Crippen LogP contribution in [0, 0.1) is 13.8 Å². The second-order valence-electron chi connectivity index (χ2n) is 8.94. The van der Waals surface area contributed by atoms with Crippen LogP contribution in [-0.4, -0.2) is 17.4 Å². The Bertz CT molecular complexity index is 800. The number of nitrogens with one attached hydrogen (secondary N) is 1. The highest BCUT2D eigenvalue weighted by atomic mass is 32.1. The lowest BCUT2D eigenvalue weighted by Crippen LogP contribution is -2.24. The van der Waals surface area contributed by atoms with E-state index in [1.54, 1.807) is 0 Å². The minimum Gasteiger partial charge on any atom is -0.397 e. The Balaban J connectivity index is 1.50. The monoisotopic (exact) mass is 445 g/mol. The van der Waals surface area contributed by atoms with Crippen LogP contribution in [0.4, 0.5) is 5.69 Å². The minimum atomic E-state index is -0.0644. The third-order valence-electron chi connectivity index (χ3n) is 6.19. The van der Waals surface area contributed by atoms with Gasteiger partial charge in [-0.1, -0.05) is 90.4 Å². The van der Waals surface area contributed by atoms with Gasteiger partial charge in [0.2, 0.25) is 0 Å². The molecule has 3 N–H and O–H groups in total. The van der Waals surface area contributed by atoms with Crippen LogP contribution in [0.2, 0.25) is 0 Å². The van der Waals surface area contributed by atoms with E-state index in [4.69, 9.17) is 5.73 Å². The standard InChI is InChI=1S/C26H43N3OS/c1-4-5-6-7-8-9-10-11-12-13-14-15-16-17-18-28-25(30)24-23(27)22-19-20(2)21(3)29-26(22)31-24/h19H,4-18,27H2,1-3H3,(H,28,30). The number of nitrogen functional groups attached to an aromatic ring is 1. The summed E-state index contributed by atoms with van der Waals surface area (Å²) in [4.78, 5) is 18.5. The van der Waals surface area contributed by atoms with Gasteiger partial charge in [-0.15, -0.1) is 11.3 Å². The molecule has 0 unspecified atom stereocenters. The van der Waals surface area contributed by atoms with Crippen molar-refractivity contribution in [3.05, 3.63) is 22.2 Å². The fourth-order valence-electron chi connectivity index (χ4n) is 4.00. The van der Waals surface area contributed by atoms with Crippen LogP contribution < -0.4 is 11.1 Å². The van der Waals surface area contributed by atoms with Crippen molar-refractivity contribution < 1.29 is 4.79 Å². The van der Waals surface area contributed by atoms with Crippen LogP contribution >= 0.6 is 11.3 Å². The van der Waals surface area contributed by atoms with Crippen molar-refractivity contribution >= 4 is 33.1 Å². The van der Waals surface area contributed by atoms with Gasteiger partial charge < -0.3 is 11.1 Å². The summed E-state index contributed by atoms with van der Waals surface area (Å²) in [6, 6.07) is 2.04. The topological polar surface area (TPSA) is 68.0 Å². The van der Waals surface area contributed by atoms with E-state index in [1.807, 2.05) is 19.9 Å². The van der Waals surface area contributed by atoms with Gasteiger partial charge in [-0.25, -0.2) is 4.98 Å². The minimum absolute atomic E-state index is 0.0644. The predicted molar refractivity (Wildman–Crippen MR) is 136 cm³/mol. The SMILES string of the molecule is CCCCCCCCCCCCCCCCNC(=O)c1sc2nc(C)c(C)cc2c1N. The molecule has 0 saturated heterocycles. The Hall–Kier alpha value is -1.62. The third kappa shape index (κ3) is 8.80. The third-order valence-corrected chi connectivity index (χ3v) is 7.30. The molecule has 0 spiro atoms. The van der Waals surface area contributed by atoms with Crippen LogP contribution in [0.15, 0.2) is 6.07 Å². The normalized spacial score (nSPS) is 11.3. The molecule has 0 aliphatic rings. The van der Waals surface area contributed by atoms with E-state index in [0.717, 1.165) is 34.4 Å². The van der Waals surface area contributed by atoms with Gasteiger partial charge in [0.25, 0.3) is 5.91 Å². The first kappa shape index (κ1) is 25.6. The number of fused-ring (bicyclic) bond motifs is 1. The second-order valence-corrected chi connectivity index (χ2v) is 9.94. The van der Waals surface area contributed by atoms with Gasteiger partial charge in [-0.2, -0.15) is 0 Å². The highest BCUT2D eigenvalue weighted by molar-refractivity contribution is 7.21. The number of aryl methyl sites for hydroxylation is 2. The van der Waals surface area contributed by atoms with Gasteiger partial charge in [0, 0.05) is 17.6 Å². The number of hydrogen-bond acceptors (Lipinski definition) is 4. The van der Waals surface area contributed by atoms with Crippen LogP contribution in [-0.2, 0) is 0 Å². The zero-order valence-corrected chi connectivity index (χ0v) is 20.8. The van der Waals surface area contributed by atoms with Crippen LogP contribution in [0.5, 0.6) is 0 Å². The largest absolute Gasteiger partial charge is 0.397 e. The van der Waals surface area contributed by atoms with Gasteiger partial charge in [-0.3, -0.25) is 4.79 Å². The molecule has 174 valence electrons. The Morgan fingerprint density at radius 3 is 1.97 bits per heavy atom.